The van der Waals surface area contributed by atoms with Crippen molar-refractivity contribution in [3.8, 4) is 0 Å². The molecule has 8 atom stereocenters. The molecule has 10 nitrogen and oxygen atoms in total. The van der Waals surface area contributed by atoms with Gasteiger partial charge in [0.1, 0.15) is 17.7 Å². The minimum Gasteiger partial charge on any atom is -0.455 e. The van der Waals surface area contributed by atoms with E-state index >= 15 is 0 Å². The van der Waals surface area contributed by atoms with E-state index in [-0.39, 0.29) is 48.2 Å². The lowest BCUT2D eigenvalue weighted by atomic mass is 9.70. The van der Waals surface area contributed by atoms with Crippen molar-refractivity contribution in [3.63, 3.8) is 0 Å². The average Bonchev–Trinajstić information content (AvgIpc) is 3.68. The topological polar surface area (TPSA) is 117 Å². The maximum atomic E-state index is 14.6. The summed E-state index contributed by atoms with van der Waals surface area (Å²) in [5.74, 6) is -3.27. The molecule has 256 valence electrons. The van der Waals surface area contributed by atoms with Crippen molar-refractivity contribution < 1.29 is 33.8 Å². The Morgan fingerprint density at radius 3 is 2.51 bits per heavy atom. The molecular formula is C36H48BrN3O7. The van der Waals surface area contributed by atoms with Gasteiger partial charge in [0.15, 0.2) is 0 Å². The van der Waals surface area contributed by atoms with Gasteiger partial charge in [-0.15, -0.1) is 13.2 Å². The molecular weight excluding hydrogens is 666 g/mol. The van der Waals surface area contributed by atoms with E-state index in [9.17, 15) is 24.3 Å². The Labute approximate surface area is 286 Å². The molecule has 1 saturated carbocycles. The number of alkyl halides is 1. The van der Waals surface area contributed by atoms with Crippen LogP contribution in [0, 0.1) is 11.8 Å². The standard InChI is InChI=1S/C36H48BrN3O7/c1-5-7-18-27(42)38(4)23(3)30(24-14-10-8-11-15-24)46-35(45)28-29-33(43)40(20-21-41)32(36(29)22-26(37)31(28)47-36)34(44)39(19-6-2)25-16-12-9-13-17-25/h5-6,8,10-11,14-15,23,25-26,28-32,41H,1-2,7,9,12-13,16-22H2,3-4H3/t23-,26?,28+,29-,30+,31+,32+,36-/m0/s1. The Morgan fingerprint density at radius 2 is 1.87 bits per heavy atom. The predicted molar refractivity (Wildman–Crippen MR) is 180 cm³/mol. The maximum Gasteiger partial charge on any atom is 0.313 e. The first-order valence-electron chi connectivity index (χ1n) is 16.9. The van der Waals surface area contributed by atoms with E-state index in [2.05, 4.69) is 29.1 Å². The molecule has 4 aliphatic rings. The van der Waals surface area contributed by atoms with Gasteiger partial charge in [0.05, 0.1) is 30.6 Å². The minimum absolute atomic E-state index is 0.0224. The molecule has 3 heterocycles. The summed E-state index contributed by atoms with van der Waals surface area (Å²) in [5, 5.41) is 10.0. The Hall–Kier alpha value is -3.02. The van der Waals surface area contributed by atoms with Crippen molar-refractivity contribution >= 4 is 39.6 Å². The number of likely N-dealkylation sites (N-methyl/N-ethyl adjacent to an activating group) is 1. The zero-order chi connectivity index (χ0) is 33.9. The third-order valence-electron chi connectivity index (χ3n) is 10.6. The van der Waals surface area contributed by atoms with E-state index in [0.717, 1.165) is 32.1 Å². The summed E-state index contributed by atoms with van der Waals surface area (Å²) >= 11 is 3.73. The molecule has 3 aliphatic heterocycles. The fourth-order valence-electron chi connectivity index (χ4n) is 8.26. The molecule has 0 aromatic heterocycles. The third kappa shape index (κ3) is 6.55. The summed E-state index contributed by atoms with van der Waals surface area (Å²) in [7, 11) is 1.69. The van der Waals surface area contributed by atoms with Gasteiger partial charge >= 0.3 is 5.97 Å². The zero-order valence-electron chi connectivity index (χ0n) is 27.5. The van der Waals surface area contributed by atoms with E-state index in [1.54, 1.807) is 24.1 Å². The number of ether oxygens (including phenoxy) is 2. The fraction of sp³-hybridized carbons (Fsp3) is 0.611. The third-order valence-corrected chi connectivity index (χ3v) is 11.5. The van der Waals surface area contributed by atoms with E-state index in [1.165, 1.54) is 4.90 Å². The van der Waals surface area contributed by atoms with Gasteiger partial charge in [0.2, 0.25) is 17.7 Å². The highest BCUT2D eigenvalue weighted by atomic mass is 79.9. The Morgan fingerprint density at radius 1 is 1.17 bits per heavy atom. The number of rotatable bonds is 14. The summed E-state index contributed by atoms with van der Waals surface area (Å²) in [6, 6.07) is 7.76. The summed E-state index contributed by atoms with van der Waals surface area (Å²) < 4.78 is 13.0. The minimum atomic E-state index is -1.26. The van der Waals surface area contributed by atoms with Gasteiger partial charge in [0, 0.05) is 37.4 Å². The van der Waals surface area contributed by atoms with Crippen molar-refractivity contribution in [1.29, 1.82) is 0 Å². The van der Waals surface area contributed by atoms with E-state index < -0.39 is 47.7 Å². The monoisotopic (exact) mass is 713 g/mol. The molecule has 11 heteroatoms. The van der Waals surface area contributed by atoms with Crippen LogP contribution in [0.1, 0.15) is 70.0 Å². The van der Waals surface area contributed by atoms with Gasteiger partial charge in [0.25, 0.3) is 0 Å². The van der Waals surface area contributed by atoms with Gasteiger partial charge in [-0.1, -0.05) is 77.7 Å². The van der Waals surface area contributed by atoms with Crippen LogP contribution in [0.5, 0.6) is 0 Å². The number of allylic oxidation sites excluding steroid dienone is 1. The second-order valence-electron chi connectivity index (χ2n) is 13.3. The van der Waals surface area contributed by atoms with Crippen LogP contribution in [0.15, 0.2) is 55.6 Å². The molecule has 1 unspecified atom stereocenters. The molecule has 1 N–H and O–H groups in total. The van der Waals surface area contributed by atoms with E-state index in [0.29, 0.717) is 24.9 Å². The number of halogens is 1. The van der Waals surface area contributed by atoms with Crippen LogP contribution in [0.2, 0.25) is 0 Å². The summed E-state index contributed by atoms with van der Waals surface area (Å²) in [5.41, 5.74) is -0.545. The number of aliphatic hydroxyl groups is 1. The molecule has 1 aliphatic carbocycles. The number of fused-ring (bicyclic) bond motifs is 1. The first-order valence-corrected chi connectivity index (χ1v) is 17.8. The van der Waals surface area contributed by atoms with Gasteiger partial charge in [-0.05, 0) is 38.2 Å². The number of carbonyl (C=O) groups excluding carboxylic acids is 4. The Bertz CT molecular complexity index is 1340. The number of esters is 1. The Balaban J connectivity index is 1.47. The first kappa shape index (κ1) is 35.3. The molecule has 3 saturated heterocycles. The van der Waals surface area contributed by atoms with Crippen molar-refractivity contribution in [1.82, 2.24) is 14.7 Å². The summed E-state index contributed by atoms with van der Waals surface area (Å²) in [6.45, 7) is 9.39. The van der Waals surface area contributed by atoms with Crippen molar-refractivity contribution in [2.75, 3.05) is 26.7 Å². The number of hydrogen-bond acceptors (Lipinski definition) is 7. The zero-order valence-corrected chi connectivity index (χ0v) is 29.1. The normalized spacial score (nSPS) is 29.6. The van der Waals surface area contributed by atoms with Gasteiger partial charge in [-0.25, -0.2) is 0 Å². The predicted octanol–water partition coefficient (Wildman–Crippen LogP) is 4.17. The molecule has 2 bridgehead atoms. The highest BCUT2D eigenvalue weighted by Gasteiger charge is 2.77. The highest BCUT2D eigenvalue weighted by Crippen LogP contribution is 2.60. The van der Waals surface area contributed by atoms with Gasteiger partial charge < -0.3 is 29.3 Å². The molecule has 1 aromatic rings. The molecule has 5 rings (SSSR count). The molecule has 3 amide bonds. The number of amides is 3. The van der Waals surface area contributed by atoms with Crippen LogP contribution in [-0.4, -0.2) is 105 Å². The number of hydrogen-bond donors (Lipinski definition) is 1. The Kier molecular flexibility index (Phi) is 11.3. The number of β-amino-alcohol motifs (C(OH)–C–C–N with tert-alkyl or cyclic N) is 1. The smallest absolute Gasteiger partial charge is 0.313 e. The van der Waals surface area contributed by atoms with Crippen molar-refractivity contribution in [2.24, 2.45) is 11.8 Å². The number of carbonyl (C=O) groups is 4. The van der Waals surface area contributed by atoms with Crippen LogP contribution >= 0.6 is 15.9 Å². The number of benzene rings is 1. The lowest BCUT2D eigenvalue weighted by molar-refractivity contribution is -0.164. The van der Waals surface area contributed by atoms with Gasteiger partial charge in [-0.2, -0.15) is 0 Å². The largest absolute Gasteiger partial charge is 0.455 e. The SMILES string of the molecule is C=CCCC(=O)N(C)[C@@H](C)[C@@H](OC(=O)[C@H]1[C@@H]2O[C@@]3(CC2Br)[C@@H]1C(=O)N(CCO)[C@@H]3C(=O)N(CC=C)C1CCCCC1)c1ccccc1. The lowest BCUT2D eigenvalue weighted by Gasteiger charge is -2.40. The molecule has 0 radical (unpaired) electrons. The van der Waals surface area contributed by atoms with Crippen molar-refractivity contribution in [2.45, 2.75) is 99.1 Å². The van der Waals surface area contributed by atoms with E-state index in [4.69, 9.17) is 9.47 Å². The van der Waals surface area contributed by atoms with Crippen molar-refractivity contribution in [3.05, 3.63) is 61.2 Å². The highest BCUT2D eigenvalue weighted by molar-refractivity contribution is 9.09. The average molecular weight is 715 g/mol. The number of likely N-dealkylation sites (tertiary alicyclic amines) is 1. The van der Waals surface area contributed by atoms with E-state index in [1.807, 2.05) is 42.2 Å². The number of aliphatic hydroxyl groups excluding tert-OH is 1. The van der Waals surface area contributed by atoms with Gasteiger partial charge in [-0.3, -0.25) is 19.2 Å². The number of nitrogens with zero attached hydrogens (tertiary/aromatic N) is 3. The summed E-state index contributed by atoms with van der Waals surface area (Å²) in [6.07, 6.45) is 7.98. The van der Waals surface area contributed by atoms with Crippen LogP contribution in [0.3, 0.4) is 0 Å². The quantitative estimate of drug-likeness (QED) is 0.175. The van der Waals surface area contributed by atoms with Crippen LogP contribution < -0.4 is 0 Å². The fourth-order valence-corrected chi connectivity index (χ4v) is 9.20. The summed E-state index contributed by atoms with van der Waals surface area (Å²) in [4.78, 5) is 60.8. The molecule has 4 fully saturated rings. The molecule has 1 aromatic carbocycles. The van der Waals surface area contributed by atoms with Crippen LogP contribution in [0.25, 0.3) is 0 Å². The first-order chi connectivity index (χ1) is 22.6. The van der Waals surface area contributed by atoms with Crippen LogP contribution in [-0.2, 0) is 28.7 Å². The molecule has 1 spiro atoms. The maximum absolute atomic E-state index is 14.6. The lowest BCUT2D eigenvalue weighted by Crippen LogP contribution is -2.59. The second kappa shape index (κ2) is 15.0. The molecule has 47 heavy (non-hydrogen) atoms. The van der Waals surface area contributed by atoms with Crippen LogP contribution in [0.4, 0.5) is 0 Å². The second-order valence-corrected chi connectivity index (χ2v) is 14.5.